The zero-order chi connectivity index (χ0) is 15.5. The fourth-order valence-corrected chi connectivity index (χ4v) is 4.05. The van der Waals surface area contributed by atoms with Gasteiger partial charge in [0.2, 0.25) is 0 Å². The number of carbonyl (C=O) groups excluding carboxylic acids is 2. The number of hydrogen-bond acceptors (Lipinski definition) is 4. The summed E-state index contributed by atoms with van der Waals surface area (Å²) in [5, 5.41) is 4.19. The van der Waals surface area contributed by atoms with Crippen LogP contribution in [-0.4, -0.2) is 62.7 Å². The Morgan fingerprint density at radius 2 is 2.14 bits per heavy atom. The number of amides is 3. The highest BCUT2D eigenvalue weighted by Crippen LogP contribution is 2.39. The van der Waals surface area contributed by atoms with Gasteiger partial charge in [-0.05, 0) is 26.2 Å². The fourth-order valence-electron chi connectivity index (χ4n) is 4.05. The van der Waals surface area contributed by atoms with Crippen molar-refractivity contribution in [3.8, 4) is 0 Å². The maximum Gasteiger partial charge on any atom is 0.327 e. The Balaban J connectivity index is 1.54. The Morgan fingerprint density at radius 1 is 1.32 bits per heavy atom. The van der Waals surface area contributed by atoms with Crippen LogP contribution in [-0.2, 0) is 11.8 Å². The van der Waals surface area contributed by atoms with Crippen LogP contribution >= 0.6 is 0 Å². The van der Waals surface area contributed by atoms with E-state index in [0.29, 0.717) is 13.1 Å². The zero-order valence-corrected chi connectivity index (χ0v) is 13.0. The van der Waals surface area contributed by atoms with Gasteiger partial charge in [-0.2, -0.15) is 5.10 Å². The van der Waals surface area contributed by atoms with Crippen LogP contribution in [0.2, 0.25) is 0 Å². The van der Waals surface area contributed by atoms with Crippen molar-refractivity contribution >= 4 is 17.6 Å². The summed E-state index contributed by atoms with van der Waals surface area (Å²) >= 11 is 0. The number of aryl methyl sites for hydroxylation is 1. The monoisotopic (exact) mass is 303 g/mol. The molecule has 4 heterocycles. The lowest BCUT2D eigenvalue weighted by Crippen LogP contribution is -2.45. The third-order valence-electron chi connectivity index (χ3n) is 5.34. The number of rotatable bonds is 2. The third-order valence-corrected chi connectivity index (χ3v) is 5.34. The highest BCUT2D eigenvalue weighted by molar-refractivity contribution is 6.07. The first-order chi connectivity index (χ1) is 10.5. The van der Waals surface area contributed by atoms with Gasteiger partial charge < -0.3 is 9.80 Å². The van der Waals surface area contributed by atoms with Crippen molar-refractivity contribution in [2.24, 2.45) is 7.05 Å². The molecule has 3 amide bonds. The van der Waals surface area contributed by atoms with Crippen LogP contribution in [0.25, 0.3) is 0 Å². The van der Waals surface area contributed by atoms with Gasteiger partial charge >= 0.3 is 6.03 Å². The standard InChI is InChI=1S/C15H21N5O2/c1-15-5-3-6-19(15)14(22)20(13(15)21)11-4-7-18(10-11)12-8-16-17(2)9-12/h8-9,11H,3-7,10H2,1-2H3/t11-,15-/m1/s1. The molecule has 7 nitrogen and oxygen atoms in total. The van der Waals surface area contributed by atoms with Gasteiger partial charge in [-0.3, -0.25) is 14.4 Å². The Morgan fingerprint density at radius 3 is 2.82 bits per heavy atom. The van der Waals surface area contributed by atoms with Crippen molar-refractivity contribution in [1.29, 1.82) is 0 Å². The molecule has 0 aliphatic carbocycles. The average molecular weight is 303 g/mol. The second kappa shape index (κ2) is 4.47. The van der Waals surface area contributed by atoms with Gasteiger partial charge in [0, 0.05) is 32.9 Å². The van der Waals surface area contributed by atoms with Crippen LogP contribution in [0, 0.1) is 0 Å². The van der Waals surface area contributed by atoms with Gasteiger partial charge in [0.05, 0.1) is 17.9 Å². The molecule has 1 aromatic heterocycles. The quantitative estimate of drug-likeness (QED) is 0.759. The van der Waals surface area contributed by atoms with Crippen LogP contribution in [0.5, 0.6) is 0 Å². The molecule has 7 heteroatoms. The summed E-state index contributed by atoms with van der Waals surface area (Å²) in [6.07, 6.45) is 6.34. The van der Waals surface area contributed by atoms with Crippen molar-refractivity contribution in [2.75, 3.05) is 24.5 Å². The van der Waals surface area contributed by atoms with Crippen molar-refractivity contribution in [2.45, 2.75) is 37.8 Å². The number of hydrogen-bond donors (Lipinski definition) is 0. The van der Waals surface area contributed by atoms with Crippen LogP contribution < -0.4 is 4.90 Å². The smallest absolute Gasteiger partial charge is 0.327 e. The molecule has 4 rings (SSSR count). The molecule has 1 aromatic rings. The second-order valence-electron chi connectivity index (χ2n) is 6.75. The first-order valence-electron chi connectivity index (χ1n) is 7.89. The summed E-state index contributed by atoms with van der Waals surface area (Å²) < 4.78 is 1.77. The number of urea groups is 1. The molecular weight excluding hydrogens is 282 g/mol. The number of aromatic nitrogens is 2. The molecule has 3 saturated heterocycles. The van der Waals surface area contributed by atoms with Gasteiger partial charge in [0.1, 0.15) is 5.54 Å². The lowest BCUT2D eigenvalue weighted by atomic mass is 9.99. The number of fused-ring (bicyclic) bond motifs is 1. The zero-order valence-electron chi connectivity index (χ0n) is 13.0. The highest BCUT2D eigenvalue weighted by Gasteiger charge is 2.58. The Hall–Kier alpha value is -2.05. The largest absolute Gasteiger partial charge is 0.367 e. The molecule has 2 atom stereocenters. The average Bonchev–Trinajstić information content (AvgIpc) is 3.20. The minimum Gasteiger partial charge on any atom is -0.367 e. The van der Waals surface area contributed by atoms with E-state index in [-0.39, 0.29) is 18.0 Å². The summed E-state index contributed by atoms with van der Waals surface area (Å²) in [4.78, 5) is 30.9. The van der Waals surface area contributed by atoms with E-state index in [9.17, 15) is 9.59 Å². The van der Waals surface area contributed by atoms with Crippen molar-refractivity contribution in [3.05, 3.63) is 12.4 Å². The van der Waals surface area contributed by atoms with E-state index in [0.717, 1.165) is 31.5 Å². The van der Waals surface area contributed by atoms with Crippen LogP contribution in [0.15, 0.2) is 12.4 Å². The maximum absolute atomic E-state index is 12.8. The van der Waals surface area contributed by atoms with Gasteiger partial charge in [-0.25, -0.2) is 4.79 Å². The summed E-state index contributed by atoms with van der Waals surface area (Å²) in [5.41, 5.74) is 0.453. The predicted molar refractivity (Wildman–Crippen MR) is 80.4 cm³/mol. The summed E-state index contributed by atoms with van der Waals surface area (Å²) in [7, 11) is 1.89. The SMILES string of the molecule is Cn1cc(N2CC[C@@H](N3C(=O)N4CCC[C@]4(C)C3=O)C2)cn1. The van der Waals surface area contributed by atoms with Crippen molar-refractivity contribution in [3.63, 3.8) is 0 Å². The van der Waals surface area contributed by atoms with E-state index in [4.69, 9.17) is 0 Å². The van der Waals surface area contributed by atoms with E-state index in [1.54, 1.807) is 9.58 Å². The molecule has 0 unspecified atom stereocenters. The van der Waals surface area contributed by atoms with E-state index >= 15 is 0 Å². The fraction of sp³-hybridized carbons (Fsp3) is 0.667. The van der Waals surface area contributed by atoms with Crippen molar-refractivity contribution < 1.29 is 9.59 Å². The Labute approximate surface area is 129 Å². The van der Waals surface area contributed by atoms with E-state index in [1.165, 1.54) is 4.90 Å². The van der Waals surface area contributed by atoms with Gasteiger partial charge in [-0.1, -0.05) is 0 Å². The third kappa shape index (κ3) is 1.71. The van der Waals surface area contributed by atoms with Crippen LogP contribution in [0.4, 0.5) is 10.5 Å². The Bertz CT molecular complexity index is 642. The van der Waals surface area contributed by atoms with Gasteiger partial charge in [-0.15, -0.1) is 0 Å². The lowest BCUT2D eigenvalue weighted by molar-refractivity contribution is -0.133. The topological polar surface area (TPSA) is 61.7 Å². The van der Waals surface area contributed by atoms with E-state index in [2.05, 4.69) is 10.00 Å². The number of nitrogens with zero attached hydrogens (tertiary/aromatic N) is 5. The predicted octanol–water partition coefficient (Wildman–Crippen LogP) is 0.816. The molecule has 3 aliphatic rings. The molecule has 0 bridgehead atoms. The summed E-state index contributed by atoms with van der Waals surface area (Å²) in [6, 6.07) is -0.120. The van der Waals surface area contributed by atoms with E-state index < -0.39 is 5.54 Å². The van der Waals surface area contributed by atoms with Gasteiger partial charge in [0.15, 0.2) is 0 Å². The van der Waals surface area contributed by atoms with Crippen LogP contribution in [0.3, 0.4) is 0 Å². The molecule has 22 heavy (non-hydrogen) atoms. The highest BCUT2D eigenvalue weighted by atomic mass is 16.2. The molecule has 3 aliphatic heterocycles. The normalized spacial score (nSPS) is 31.5. The minimum atomic E-state index is -0.598. The van der Waals surface area contributed by atoms with Crippen molar-refractivity contribution in [1.82, 2.24) is 19.6 Å². The first kappa shape index (κ1) is 13.6. The first-order valence-corrected chi connectivity index (χ1v) is 7.89. The minimum absolute atomic E-state index is 0.00645. The summed E-state index contributed by atoms with van der Waals surface area (Å²) in [6.45, 7) is 4.17. The number of anilines is 1. The number of carbonyl (C=O) groups is 2. The molecule has 3 fully saturated rings. The number of imide groups is 1. The molecule has 0 aromatic carbocycles. The Kier molecular flexibility index (Phi) is 2.76. The van der Waals surface area contributed by atoms with Crippen LogP contribution in [0.1, 0.15) is 26.2 Å². The molecule has 118 valence electrons. The molecule has 0 spiro atoms. The van der Waals surface area contributed by atoms with E-state index in [1.807, 2.05) is 26.4 Å². The molecule has 0 N–H and O–H groups in total. The lowest BCUT2D eigenvalue weighted by Gasteiger charge is -2.23. The summed E-state index contributed by atoms with van der Waals surface area (Å²) in [5.74, 6) is -0.00645. The molecule has 0 saturated carbocycles. The van der Waals surface area contributed by atoms with Gasteiger partial charge in [0.25, 0.3) is 5.91 Å². The second-order valence-corrected chi connectivity index (χ2v) is 6.75. The molecular formula is C15H21N5O2. The molecule has 0 radical (unpaired) electrons. The maximum atomic E-state index is 12.8.